The van der Waals surface area contributed by atoms with E-state index in [0.29, 0.717) is 17.0 Å². The fourth-order valence-electron chi connectivity index (χ4n) is 1.62. The predicted octanol–water partition coefficient (Wildman–Crippen LogP) is 2.72. The summed E-state index contributed by atoms with van der Waals surface area (Å²) < 4.78 is 18.2. The fourth-order valence-corrected chi connectivity index (χ4v) is 1.62. The van der Waals surface area contributed by atoms with E-state index in [0.717, 1.165) is 18.2 Å². The lowest BCUT2D eigenvalue weighted by Gasteiger charge is -2.09. The van der Waals surface area contributed by atoms with Gasteiger partial charge in [0, 0.05) is 6.04 Å². The highest BCUT2D eigenvalue weighted by Crippen LogP contribution is 2.21. The number of likely N-dealkylation sites (N-methyl/N-ethyl adjacent to an activating group) is 1. The van der Waals surface area contributed by atoms with Crippen molar-refractivity contribution in [3.63, 3.8) is 0 Å². The molecule has 0 aliphatic rings. The molecule has 0 amide bonds. The lowest BCUT2D eigenvalue weighted by molar-refractivity contribution is 0.557. The zero-order valence-electron chi connectivity index (χ0n) is 8.88. The molecule has 15 heavy (non-hydrogen) atoms. The maximum atomic E-state index is 13.1. The number of furan rings is 1. The molecule has 0 aliphatic heterocycles. The highest BCUT2D eigenvalue weighted by Gasteiger charge is 2.07. The van der Waals surface area contributed by atoms with Crippen molar-refractivity contribution in [3.8, 4) is 0 Å². The Morgan fingerprint density at radius 3 is 3.00 bits per heavy atom. The highest BCUT2D eigenvalue weighted by atomic mass is 19.1. The van der Waals surface area contributed by atoms with E-state index >= 15 is 0 Å². The van der Waals surface area contributed by atoms with E-state index in [9.17, 15) is 4.39 Å². The van der Waals surface area contributed by atoms with Crippen LogP contribution < -0.4 is 5.32 Å². The molecule has 1 aromatic carbocycles. The van der Waals surface area contributed by atoms with Crippen LogP contribution >= 0.6 is 0 Å². The third-order valence-corrected chi connectivity index (χ3v) is 2.63. The minimum Gasteiger partial charge on any atom is -0.461 e. The van der Waals surface area contributed by atoms with Gasteiger partial charge in [0.2, 0.25) is 0 Å². The minimum atomic E-state index is -0.293. The van der Waals surface area contributed by atoms with E-state index in [2.05, 4.69) is 12.2 Å². The van der Waals surface area contributed by atoms with E-state index in [1.807, 2.05) is 19.2 Å². The van der Waals surface area contributed by atoms with Crippen molar-refractivity contribution in [3.05, 3.63) is 35.8 Å². The molecule has 1 atom stereocenters. The summed E-state index contributed by atoms with van der Waals surface area (Å²) in [6.07, 6.45) is 2.06. The second-order valence-corrected chi connectivity index (χ2v) is 3.81. The van der Waals surface area contributed by atoms with Crippen molar-refractivity contribution in [2.75, 3.05) is 7.05 Å². The van der Waals surface area contributed by atoms with Crippen LogP contribution in [-0.4, -0.2) is 13.1 Å². The summed E-state index contributed by atoms with van der Waals surface area (Å²) in [5, 5.41) is 3.71. The molecule has 1 heterocycles. The van der Waals surface area contributed by atoms with Crippen molar-refractivity contribution in [1.82, 2.24) is 5.32 Å². The van der Waals surface area contributed by atoms with Crippen molar-refractivity contribution in [1.29, 1.82) is 0 Å². The number of benzene rings is 1. The number of nitrogens with one attached hydrogen (secondary N) is 1. The molecule has 0 spiro atoms. The normalized spacial score (nSPS) is 13.3. The lowest BCUT2D eigenvalue weighted by Crippen LogP contribution is -2.23. The van der Waals surface area contributed by atoms with Crippen molar-refractivity contribution >= 4 is 11.0 Å². The van der Waals surface area contributed by atoms with Crippen molar-refractivity contribution in [2.24, 2.45) is 0 Å². The Morgan fingerprint density at radius 1 is 1.47 bits per heavy atom. The number of fused-ring (bicyclic) bond motifs is 1. The van der Waals surface area contributed by atoms with Gasteiger partial charge in [-0.05, 0) is 38.1 Å². The molecule has 1 N–H and O–H groups in total. The quantitative estimate of drug-likeness (QED) is 0.837. The summed E-state index contributed by atoms with van der Waals surface area (Å²) in [4.78, 5) is 0. The van der Waals surface area contributed by atoms with Crippen LogP contribution in [0.15, 0.2) is 28.9 Å². The Labute approximate surface area is 88.1 Å². The third-order valence-electron chi connectivity index (χ3n) is 2.63. The molecule has 80 valence electrons. The average Bonchev–Trinajstić information content (AvgIpc) is 2.60. The maximum absolute atomic E-state index is 13.1. The maximum Gasteiger partial charge on any atom is 0.169 e. The molecule has 2 nitrogen and oxygen atoms in total. The molecule has 0 unspecified atom stereocenters. The fraction of sp³-hybridized carbons (Fsp3) is 0.333. The topological polar surface area (TPSA) is 25.2 Å². The molecule has 0 fully saturated rings. The third kappa shape index (κ3) is 2.02. The Bertz CT molecular complexity index is 464. The van der Waals surface area contributed by atoms with Crippen LogP contribution in [0, 0.1) is 5.82 Å². The first-order valence-electron chi connectivity index (χ1n) is 5.03. The first-order chi connectivity index (χ1) is 7.20. The summed E-state index contributed by atoms with van der Waals surface area (Å²) in [6.45, 7) is 2.10. The van der Waals surface area contributed by atoms with Crippen LogP contribution in [0.4, 0.5) is 4.39 Å². The van der Waals surface area contributed by atoms with E-state index in [1.165, 1.54) is 0 Å². The van der Waals surface area contributed by atoms with Gasteiger partial charge in [0.05, 0.1) is 5.39 Å². The van der Waals surface area contributed by atoms with Gasteiger partial charge < -0.3 is 9.73 Å². The van der Waals surface area contributed by atoms with Crippen molar-refractivity contribution in [2.45, 2.75) is 19.4 Å². The zero-order chi connectivity index (χ0) is 10.8. The van der Waals surface area contributed by atoms with Gasteiger partial charge in [-0.3, -0.25) is 0 Å². The Kier molecular flexibility index (Phi) is 2.73. The largest absolute Gasteiger partial charge is 0.461 e. The molecular weight excluding hydrogens is 193 g/mol. The standard InChI is InChI=1S/C12H14FNO/c1-8(14-2)5-9-3-4-10-11(13)7-15-12(10)6-9/h3-4,6-8,14H,5H2,1-2H3/t8-/m0/s1. The average molecular weight is 207 g/mol. The van der Waals surface area contributed by atoms with E-state index < -0.39 is 0 Å². The van der Waals surface area contributed by atoms with Crippen LogP contribution in [0.1, 0.15) is 12.5 Å². The monoisotopic (exact) mass is 207 g/mol. The van der Waals surface area contributed by atoms with Gasteiger partial charge in [-0.15, -0.1) is 0 Å². The first kappa shape index (κ1) is 10.2. The number of rotatable bonds is 3. The molecule has 0 saturated heterocycles. The van der Waals surface area contributed by atoms with Crippen LogP contribution in [0.2, 0.25) is 0 Å². The Morgan fingerprint density at radius 2 is 2.27 bits per heavy atom. The molecule has 0 bridgehead atoms. The molecule has 1 aromatic heterocycles. The van der Waals surface area contributed by atoms with Gasteiger partial charge >= 0.3 is 0 Å². The molecular formula is C12H14FNO. The molecule has 3 heteroatoms. The molecule has 0 saturated carbocycles. The number of halogens is 1. The summed E-state index contributed by atoms with van der Waals surface area (Å²) >= 11 is 0. The Hall–Kier alpha value is -1.35. The summed E-state index contributed by atoms with van der Waals surface area (Å²) in [6, 6.07) is 6.01. The van der Waals surface area contributed by atoms with Crippen LogP contribution in [0.5, 0.6) is 0 Å². The zero-order valence-corrected chi connectivity index (χ0v) is 8.88. The highest BCUT2D eigenvalue weighted by molar-refractivity contribution is 5.78. The lowest BCUT2D eigenvalue weighted by atomic mass is 10.1. The summed E-state index contributed by atoms with van der Waals surface area (Å²) in [5.41, 5.74) is 1.77. The second kappa shape index (κ2) is 4.03. The number of hydrogen-bond acceptors (Lipinski definition) is 2. The predicted molar refractivity (Wildman–Crippen MR) is 58.4 cm³/mol. The van der Waals surface area contributed by atoms with E-state index in [4.69, 9.17) is 4.42 Å². The molecule has 2 rings (SSSR count). The van der Waals surface area contributed by atoms with Crippen LogP contribution in [0.25, 0.3) is 11.0 Å². The van der Waals surface area contributed by atoms with Gasteiger partial charge in [-0.25, -0.2) is 4.39 Å². The molecule has 0 aliphatic carbocycles. The first-order valence-corrected chi connectivity index (χ1v) is 5.03. The molecule has 0 radical (unpaired) electrons. The van der Waals surface area contributed by atoms with E-state index in [1.54, 1.807) is 6.07 Å². The number of hydrogen-bond donors (Lipinski definition) is 1. The van der Waals surface area contributed by atoms with Crippen molar-refractivity contribution < 1.29 is 8.81 Å². The van der Waals surface area contributed by atoms with Gasteiger partial charge in [0.15, 0.2) is 5.82 Å². The van der Waals surface area contributed by atoms with Gasteiger partial charge in [0.25, 0.3) is 0 Å². The Balaban J connectivity index is 2.31. The van der Waals surface area contributed by atoms with Gasteiger partial charge in [-0.2, -0.15) is 0 Å². The van der Waals surface area contributed by atoms with Crippen LogP contribution in [-0.2, 0) is 6.42 Å². The van der Waals surface area contributed by atoms with Gasteiger partial charge in [0.1, 0.15) is 11.8 Å². The summed E-state index contributed by atoms with van der Waals surface area (Å²) in [5.74, 6) is -0.293. The second-order valence-electron chi connectivity index (χ2n) is 3.81. The minimum absolute atomic E-state index is 0.293. The van der Waals surface area contributed by atoms with Gasteiger partial charge in [-0.1, -0.05) is 6.07 Å². The SMILES string of the molecule is CN[C@@H](C)Cc1ccc2c(F)coc2c1. The van der Waals surface area contributed by atoms with E-state index in [-0.39, 0.29) is 5.82 Å². The van der Waals surface area contributed by atoms with Crippen LogP contribution in [0.3, 0.4) is 0 Å². The summed E-state index contributed by atoms with van der Waals surface area (Å²) in [7, 11) is 1.93. The molecule has 2 aromatic rings. The smallest absolute Gasteiger partial charge is 0.169 e.